The molecule has 2 heterocycles. The highest BCUT2D eigenvalue weighted by Gasteiger charge is 2.30. The van der Waals surface area contributed by atoms with Crippen LogP contribution >= 0.6 is 11.3 Å². The summed E-state index contributed by atoms with van der Waals surface area (Å²) in [7, 11) is 0. The van der Waals surface area contributed by atoms with Gasteiger partial charge >= 0.3 is 0 Å². The third kappa shape index (κ3) is 2.48. The quantitative estimate of drug-likeness (QED) is 0.867. The Bertz CT molecular complexity index is 635. The molecule has 0 bridgehead atoms. The van der Waals surface area contributed by atoms with Crippen LogP contribution in [0.2, 0.25) is 0 Å². The van der Waals surface area contributed by atoms with E-state index in [1.54, 1.807) is 11.3 Å². The summed E-state index contributed by atoms with van der Waals surface area (Å²) in [6.07, 6.45) is 2.22. The zero-order chi connectivity index (χ0) is 14.1. The van der Waals surface area contributed by atoms with Crippen molar-refractivity contribution >= 4 is 22.9 Å². The molecule has 1 aliphatic rings. The first-order valence-corrected chi connectivity index (χ1v) is 7.84. The molecule has 1 aromatic heterocycles. The van der Waals surface area contributed by atoms with Crippen LogP contribution in [0.4, 0.5) is 5.69 Å². The Morgan fingerprint density at radius 1 is 1.45 bits per heavy atom. The van der Waals surface area contributed by atoms with Crippen molar-refractivity contribution in [1.29, 1.82) is 0 Å². The number of aryl methyl sites for hydroxylation is 2. The number of carbonyl (C=O) groups excluding carboxylic acids is 1. The zero-order valence-corrected chi connectivity index (χ0v) is 12.6. The molecule has 0 saturated carbocycles. The number of nitrogens with zero attached hydrogens (tertiary/aromatic N) is 2. The van der Waals surface area contributed by atoms with Gasteiger partial charge in [0.25, 0.3) is 0 Å². The number of hydrogen-bond acceptors (Lipinski definition) is 3. The Labute approximate surface area is 123 Å². The first-order valence-electron chi connectivity index (χ1n) is 6.96. The van der Waals surface area contributed by atoms with Crippen LogP contribution < -0.4 is 4.90 Å². The molecule has 0 fully saturated rings. The number of rotatable bonds is 3. The zero-order valence-electron chi connectivity index (χ0n) is 11.8. The molecule has 1 aromatic carbocycles. The van der Waals surface area contributed by atoms with Gasteiger partial charge < -0.3 is 4.90 Å². The van der Waals surface area contributed by atoms with Crippen LogP contribution in [-0.2, 0) is 17.6 Å². The second-order valence-corrected chi connectivity index (χ2v) is 6.37. The Morgan fingerprint density at radius 2 is 2.25 bits per heavy atom. The largest absolute Gasteiger partial charge is 0.309 e. The van der Waals surface area contributed by atoms with E-state index < -0.39 is 0 Å². The van der Waals surface area contributed by atoms with Crippen molar-refractivity contribution in [1.82, 2.24) is 4.98 Å². The van der Waals surface area contributed by atoms with E-state index in [0.29, 0.717) is 6.42 Å². The van der Waals surface area contributed by atoms with Crippen LogP contribution in [0.3, 0.4) is 0 Å². The Kier molecular flexibility index (Phi) is 3.57. The summed E-state index contributed by atoms with van der Waals surface area (Å²) < 4.78 is 0. The van der Waals surface area contributed by atoms with Crippen molar-refractivity contribution in [3.63, 3.8) is 0 Å². The predicted molar refractivity (Wildman–Crippen MR) is 82.3 cm³/mol. The standard InChI is InChI=1S/C16H18N2OS/c1-11-9-13-5-3-4-6-15(13)18(11)16(19)8-7-14-10-20-12(2)17-14/h3-6,10-11H,7-9H2,1-2H3. The number of amides is 1. The molecular formula is C16H18N2OS. The summed E-state index contributed by atoms with van der Waals surface area (Å²) in [6.45, 7) is 4.11. The van der Waals surface area contributed by atoms with Crippen LogP contribution in [0.15, 0.2) is 29.6 Å². The number of fused-ring (bicyclic) bond motifs is 1. The summed E-state index contributed by atoms with van der Waals surface area (Å²) in [5.74, 6) is 0.202. The van der Waals surface area contributed by atoms with E-state index in [0.717, 1.165) is 29.2 Å². The van der Waals surface area contributed by atoms with E-state index in [1.165, 1.54) is 5.56 Å². The van der Waals surface area contributed by atoms with Crippen LogP contribution in [0.1, 0.15) is 29.6 Å². The van der Waals surface area contributed by atoms with E-state index in [4.69, 9.17) is 0 Å². The maximum Gasteiger partial charge on any atom is 0.227 e. The minimum absolute atomic E-state index is 0.202. The van der Waals surface area contributed by atoms with E-state index in [-0.39, 0.29) is 11.9 Å². The van der Waals surface area contributed by atoms with Gasteiger partial charge in [0.15, 0.2) is 0 Å². The number of benzene rings is 1. The van der Waals surface area contributed by atoms with Gasteiger partial charge in [0, 0.05) is 23.5 Å². The second-order valence-electron chi connectivity index (χ2n) is 5.30. The third-order valence-electron chi connectivity index (χ3n) is 3.74. The minimum atomic E-state index is 0.202. The molecule has 0 spiro atoms. The van der Waals surface area contributed by atoms with E-state index in [2.05, 4.69) is 18.0 Å². The molecule has 1 unspecified atom stereocenters. The number of thiazole rings is 1. The van der Waals surface area contributed by atoms with Crippen LogP contribution in [0.25, 0.3) is 0 Å². The molecule has 0 radical (unpaired) electrons. The maximum absolute atomic E-state index is 12.5. The number of carbonyl (C=O) groups is 1. The minimum Gasteiger partial charge on any atom is -0.309 e. The second kappa shape index (κ2) is 5.37. The smallest absolute Gasteiger partial charge is 0.227 e. The average Bonchev–Trinajstić information content (AvgIpc) is 2.98. The molecule has 1 amide bonds. The lowest BCUT2D eigenvalue weighted by molar-refractivity contribution is -0.118. The molecule has 1 aliphatic heterocycles. The third-order valence-corrected chi connectivity index (χ3v) is 4.56. The van der Waals surface area contributed by atoms with Crippen molar-refractivity contribution in [2.24, 2.45) is 0 Å². The average molecular weight is 286 g/mol. The van der Waals surface area contributed by atoms with Gasteiger partial charge in [0.1, 0.15) is 0 Å². The molecule has 0 aliphatic carbocycles. The van der Waals surface area contributed by atoms with Gasteiger partial charge in [-0.25, -0.2) is 4.98 Å². The molecule has 1 atom stereocenters. The van der Waals surface area contributed by atoms with Crippen molar-refractivity contribution < 1.29 is 4.79 Å². The normalized spacial score (nSPS) is 17.3. The summed E-state index contributed by atoms with van der Waals surface area (Å²) in [5, 5.41) is 3.11. The van der Waals surface area contributed by atoms with Gasteiger partial charge in [-0.15, -0.1) is 11.3 Å². The van der Waals surface area contributed by atoms with E-state index in [9.17, 15) is 4.79 Å². The molecule has 20 heavy (non-hydrogen) atoms. The monoisotopic (exact) mass is 286 g/mol. The molecule has 0 N–H and O–H groups in total. The summed E-state index contributed by atoms with van der Waals surface area (Å²) >= 11 is 1.64. The molecule has 3 rings (SSSR count). The van der Waals surface area contributed by atoms with Gasteiger partial charge in [-0.2, -0.15) is 0 Å². The fourth-order valence-electron chi connectivity index (χ4n) is 2.82. The van der Waals surface area contributed by atoms with Gasteiger partial charge in [0.2, 0.25) is 5.91 Å². The highest BCUT2D eigenvalue weighted by atomic mass is 32.1. The van der Waals surface area contributed by atoms with Gasteiger partial charge in [-0.05, 0) is 38.3 Å². The number of anilines is 1. The summed E-state index contributed by atoms with van der Waals surface area (Å²) in [4.78, 5) is 18.9. The Morgan fingerprint density at radius 3 is 3.00 bits per heavy atom. The van der Waals surface area contributed by atoms with Crippen LogP contribution in [0.5, 0.6) is 0 Å². The molecule has 3 nitrogen and oxygen atoms in total. The van der Waals surface area contributed by atoms with Crippen LogP contribution in [0, 0.1) is 6.92 Å². The van der Waals surface area contributed by atoms with Gasteiger partial charge in [-0.3, -0.25) is 4.79 Å². The van der Waals surface area contributed by atoms with Crippen molar-refractivity contribution in [2.75, 3.05) is 4.90 Å². The predicted octanol–water partition coefficient (Wildman–Crippen LogP) is 3.36. The first kappa shape index (κ1) is 13.3. The molecule has 104 valence electrons. The van der Waals surface area contributed by atoms with Crippen molar-refractivity contribution in [3.05, 3.63) is 45.9 Å². The lowest BCUT2D eigenvalue weighted by Gasteiger charge is -2.22. The van der Waals surface area contributed by atoms with Crippen molar-refractivity contribution in [2.45, 2.75) is 39.2 Å². The fourth-order valence-corrected chi connectivity index (χ4v) is 3.47. The summed E-state index contributed by atoms with van der Waals surface area (Å²) in [5.41, 5.74) is 3.39. The highest BCUT2D eigenvalue weighted by molar-refractivity contribution is 7.09. The molecular weight excluding hydrogens is 268 g/mol. The Hall–Kier alpha value is -1.68. The van der Waals surface area contributed by atoms with Gasteiger partial charge in [-0.1, -0.05) is 18.2 Å². The SMILES string of the molecule is Cc1nc(CCC(=O)N2c3ccccc3CC2C)cs1. The number of hydrogen-bond donors (Lipinski definition) is 0. The molecule has 4 heteroatoms. The number of para-hydroxylation sites is 1. The Balaban J connectivity index is 1.71. The number of aromatic nitrogens is 1. The molecule has 0 saturated heterocycles. The first-order chi connectivity index (χ1) is 9.65. The van der Waals surface area contributed by atoms with Gasteiger partial charge in [0.05, 0.1) is 10.7 Å². The highest BCUT2D eigenvalue weighted by Crippen LogP contribution is 2.32. The molecule has 2 aromatic rings. The topological polar surface area (TPSA) is 33.2 Å². The van der Waals surface area contributed by atoms with Crippen molar-refractivity contribution in [3.8, 4) is 0 Å². The van der Waals surface area contributed by atoms with Crippen LogP contribution in [-0.4, -0.2) is 16.9 Å². The lowest BCUT2D eigenvalue weighted by atomic mass is 10.1. The van der Waals surface area contributed by atoms with E-state index >= 15 is 0 Å². The fraction of sp³-hybridized carbons (Fsp3) is 0.375. The summed E-state index contributed by atoms with van der Waals surface area (Å²) in [6, 6.07) is 8.46. The van der Waals surface area contributed by atoms with E-state index in [1.807, 2.05) is 35.4 Å². The maximum atomic E-state index is 12.5. The lowest BCUT2D eigenvalue weighted by Crippen LogP contribution is -2.35.